The third-order valence-corrected chi connectivity index (χ3v) is 4.99. The molecule has 0 radical (unpaired) electrons. The van der Waals surface area contributed by atoms with Gasteiger partial charge in [-0.2, -0.15) is 0 Å². The summed E-state index contributed by atoms with van der Waals surface area (Å²) in [6.07, 6.45) is 0. The lowest BCUT2D eigenvalue weighted by Gasteiger charge is -2.34. The molecule has 0 aliphatic carbocycles. The number of ether oxygens (including phenoxy) is 2. The molecule has 30 heavy (non-hydrogen) atoms. The highest BCUT2D eigenvalue weighted by Gasteiger charge is 2.22. The summed E-state index contributed by atoms with van der Waals surface area (Å²) < 4.78 is 10.8. The number of hydrogen-bond acceptors (Lipinski definition) is 5. The van der Waals surface area contributed by atoms with Crippen LogP contribution in [-0.2, 0) is 9.53 Å². The maximum Gasteiger partial charge on any atom is 0.222 e. The van der Waals surface area contributed by atoms with Crippen molar-refractivity contribution in [3.05, 3.63) is 29.8 Å². The van der Waals surface area contributed by atoms with Gasteiger partial charge in [0.05, 0.1) is 32.9 Å². The van der Waals surface area contributed by atoms with Crippen LogP contribution in [-0.4, -0.2) is 76.4 Å². The van der Waals surface area contributed by atoms with Crippen LogP contribution < -0.4 is 20.7 Å². The first kappa shape index (κ1) is 24.0. The topological polar surface area (TPSA) is 87.2 Å². The van der Waals surface area contributed by atoms with E-state index < -0.39 is 0 Å². The minimum absolute atomic E-state index is 0.00863. The van der Waals surface area contributed by atoms with E-state index >= 15 is 0 Å². The highest BCUT2D eigenvalue weighted by atomic mass is 16.5. The maximum atomic E-state index is 11.7. The van der Waals surface area contributed by atoms with Gasteiger partial charge in [0.15, 0.2) is 5.96 Å². The van der Waals surface area contributed by atoms with Crippen molar-refractivity contribution < 1.29 is 14.3 Å². The van der Waals surface area contributed by atoms with Crippen LogP contribution in [0.5, 0.6) is 5.75 Å². The van der Waals surface area contributed by atoms with Crippen molar-refractivity contribution in [3.8, 4) is 5.75 Å². The Morgan fingerprint density at radius 3 is 2.40 bits per heavy atom. The second-order valence-corrected chi connectivity index (χ2v) is 7.53. The van der Waals surface area contributed by atoms with E-state index in [0.717, 1.165) is 44.6 Å². The quantitative estimate of drug-likeness (QED) is 0.302. The summed E-state index contributed by atoms with van der Waals surface area (Å²) >= 11 is 0. The largest absolute Gasteiger partial charge is 0.497 e. The van der Waals surface area contributed by atoms with Crippen molar-refractivity contribution in [1.29, 1.82) is 0 Å². The van der Waals surface area contributed by atoms with Gasteiger partial charge in [-0.1, -0.05) is 26.0 Å². The normalized spacial score (nSPS) is 16.2. The second-order valence-electron chi connectivity index (χ2n) is 7.53. The Labute approximate surface area is 180 Å². The average molecular weight is 420 g/mol. The molecule has 1 aliphatic heterocycles. The maximum absolute atomic E-state index is 11.7. The van der Waals surface area contributed by atoms with Crippen LogP contribution in [0.15, 0.2) is 29.3 Å². The van der Waals surface area contributed by atoms with Crippen LogP contribution in [0.4, 0.5) is 0 Å². The summed E-state index contributed by atoms with van der Waals surface area (Å²) in [4.78, 5) is 18.9. The number of nitrogens with zero attached hydrogens (tertiary/aromatic N) is 2. The number of hydrogen-bond donors (Lipinski definition) is 3. The molecule has 1 saturated heterocycles. The molecule has 3 N–H and O–H groups in total. The van der Waals surface area contributed by atoms with Crippen molar-refractivity contribution in [1.82, 2.24) is 20.9 Å². The molecule has 1 unspecified atom stereocenters. The van der Waals surface area contributed by atoms with E-state index in [-0.39, 0.29) is 17.9 Å². The van der Waals surface area contributed by atoms with E-state index in [1.807, 2.05) is 32.9 Å². The third kappa shape index (κ3) is 7.84. The SMILES string of the molecule is CCNC(=NCC(c1ccc(OC)cc1)N1CCOCC1)NCCNC(=O)C(C)C. The zero-order chi connectivity index (χ0) is 21.8. The predicted molar refractivity (Wildman–Crippen MR) is 120 cm³/mol. The van der Waals surface area contributed by atoms with Gasteiger partial charge >= 0.3 is 0 Å². The third-order valence-electron chi connectivity index (χ3n) is 4.99. The number of methoxy groups -OCH3 is 1. The molecule has 2 rings (SSSR count). The molecule has 8 heteroatoms. The first-order valence-electron chi connectivity index (χ1n) is 10.8. The summed E-state index contributed by atoms with van der Waals surface area (Å²) in [5.74, 6) is 1.65. The predicted octanol–water partition coefficient (Wildman–Crippen LogP) is 1.40. The lowest BCUT2D eigenvalue weighted by molar-refractivity contribution is -0.123. The molecule has 1 fully saturated rings. The first-order chi connectivity index (χ1) is 14.5. The number of morpholine rings is 1. The van der Waals surface area contributed by atoms with E-state index in [4.69, 9.17) is 14.5 Å². The van der Waals surface area contributed by atoms with E-state index in [2.05, 4.69) is 33.0 Å². The average Bonchev–Trinajstić information content (AvgIpc) is 2.77. The molecule has 1 heterocycles. The number of amides is 1. The van der Waals surface area contributed by atoms with Crippen molar-refractivity contribution in [3.63, 3.8) is 0 Å². The molecule has 1 aliphatic rings. The van der Waals surface area contributed by atoms with Crippen molar-refractivity contribution in [2.24, 2.45) is 10.9 Å². The molecule has 8 nitrogen and oxygen atoms in total. The van der Waals surface area contributed by atoms with Crippen LogP contribution in [0.3, 0.4) is 0 Å². The van der Waals surface area contributed by atoms with Gasteiger partial charge in [0.25, 0.3) is 0 Å². The summed E-state index contributed by atoms with van der Waals surface area (Å²) in [5.41, 5.74) is 1.21. The number of nitrogens with one attached hydrogen (secondary N) is 3. The molecule has 1 aromatic carbocycles. The van der Waals surface area contributed by atoms with Crippen molar-refractivity contribution in [2.45, 2.75) is 26.8 Å². The minimum Gasteiger partial charge on any atom is -0.497 e. The Kier molecular flexibility index (Phi) is 10.4. The smallest absolute Gasteiger partial charge is 0.222 e. The van der Waals surface area contributed by atoms with Gasteiger partial charge in [0, 0.05) is 38.6 Å². The lowest BCUT2D eigenvalue weighted by atomic mass is 10.0. The van der Waals surface area contributed by atoms with Crippen LogP contribution in [0, 0.1) is 5.92 Å². The van der Waals surface area contributed by atoms with Gasteiger partial charge in [0.2, 0.25) is 5.91 Å². The molecular formula is C22H37N5O3. The molecule has 0 saturated carbocycles. The molecule has 0 bridgehead atoms. The molecule has 0 aromatic heterocycles. The Bertz CT molecular complexity index is 657. The lowest BCUT2D eigenvalue weighted by Crippen LogP contribution is -2.43. The number of rotatable bonds is 10. The number of guanidine groups is 1. The Hall–Kier alpha value is -2.32. The van der Waals surface area contributed by atoms with Gasteiger partial charge in [-0.25, -0.2) is 0 Å². The van der Waals surface area contributed by atoms with E-state index in [0.29, 0.717) is 19.6 Å². The van der Waals surface area contributed by atoms with Gasteiger partial charge in [-0.15, -0.1) is 0 Å². The number of aliphatic imine (C=N–C) groups is 1. The molecular weight excluding hydrogens is 382 g/mol. The van der Waals surface area contributed by atoms with Gasteiger partial charge in [0.1, 0.15) is 5.75 Å². The summed E-state index contributed by atoms with van der Waals surface area (Å²) in [5, 5.41) is 9.50. The Morgan fingerprint density at radius 1 is 1.13 bits per heavy atom. The molecule has 1 amide bonds. The fourth-order valence-electron chi connectivity index (χ4n) is 3.24. The zero-order valence-electron chi connectivity index (χ0n) is 18.7. The fraction of sp³-hybridized carbons (Fsp3) is 0.636. The molecule has 1 atom stereocenters. The summed E-state index contributed by atoms with van der Waals surface area (Å²) in [6, 6.07) is 8.36. The van der Waals surface area contributed by atoms with Crippen molar-refractivity contribution >= 4 is 11.9 Å². The number of benzene rings is 1. The minimum atomic E-state index is -0.00863. The van der Waals surface area contributed by atoms with Crippen LogP contribution in [0.2, 0.25) is 0 Å². The van der Waals surface area contributed by atoms with E-state index in [9.17, 15) is 4.79 Å². The first-order valence-corrected chi connectivity index (χ1v) is 10.8. The highest BCUT2D eigenvalue weighted by molar-refractivity contribution is 5.80. The highest BCUT2D eigenvalue weighted by Crippen LogP contribution is 2.24. The van der Waals surface area contributed by atoms with Gasteiger partial charge in [-0.05, 0) is 24.6 Å². The molecule has 168 valence electrons. The van der Waals surface area contributed by atoms with Gasteiger partial charge < -0.3 is 25.4 Å². The van der Waals surface area contributed by atoms with Crippen molar-refractivity contribution in [2.75, 3.05) is 59.6 Å². The summed E-state index contributed by atoms with van der Waals surface area (Å²) in [7, 11) is 1.68. The summed E-state index contributed by atoms with van der Waals surface area (Å²) in [6.45, 7) is 11.7. The van der Waals surface area contributed by atoms with Crippen LogP contribution in [0.25, 0.3) is 0 Å². The van der Waals surface area contributed by atoms with Crippen LogP contribution in [0.1, 0.15) is 32.4 Å². The molecule has 0 spiro atoms. The van der Waals surface area contributed by atoms with Gasteiger partial charge in [-0.3, -0.25) is 14.7 Å². The second kappa shape index (κ2) is 13.1. The fourth-order valence-corrected chi connectivity index (χ4v) is 3.24. The standard InChI is InChI=1S/C22H37N5O3/c1-5-23-22(25-11-10-24-21(28)17(2)3)26-16-20(27-12-14-30-15-13-27)18-6-8-19(29-4)9-7-18/h6-9,17,20H,5,10-16H2,1-4H3,(H,24,28)(H2,23,25,26). The Morgan fingerprint density at radius 2 is 1.80 bits per heavy atom. The zero-order valence-corrected chi connectivity index (χ0v) is 18.7. The van der Waals surface area contributed by atoms with E-state index in [1.54, 1.807) is 7.11 Å². The molecule has 1 aromatic rings. The van der Waals surface area contributed by atoms with E-state index in [1.165, 1.54) is 5.56 Å². The van der Waals surface area contributed by atoms with Crippen LogP contribution >= 0.6 is 0 Å². The Balaban J connectivity index is 2.02. The number of carbonyl (C=O) groups is 1. The number of carbonyl (C=O) groups excluding carboxylic acids is 1. The monoisotopic (exact) mass is 419 g/mol.